The van der Waals surface area contributed by atoms with Crippen LogP contribution in [0.5, 0.6) is 0 Å². The number of rotatable bonds is 7. The second kappa shape index (κ2) is 8.39. The molecule has 0 unspecified atom stereocenters. The highest BCUT2D eigenvalue weighted by molar-refractivity contribution is 4.92. The van der Waals surface area contributed by atoms with Gasteiger partial charge in [0.1, 0.15) is 5.82 Å². The SMILES string of the molecule is Cn1ccnc1CCN1CCCN(CCCCN)CC1. The molecule has 0 aliphatic carbocycles. The Morgan fingerprint density at radius 2 is 1.85 bits per heavy atom. The van der Waals surface area contributed by atoms with Crippen molar-refractivity contribution in [3.8, 4) is 0 Å². The van der Waals surface area contributed by atoms with Gasteiger partial charge in [-0.15, -0.1) is 0 Å². The molecule has 2 rings (SSSR count). The Morgan fingerprint density at radius 1 is 1.10 bits per heavy atom. The van der Waals surface area contributed by atoms with Crippen molar-refractivity contribution in [1.82, 2.24) is 19.4 Å². The van der Waals surface area contributed by atoms with Gasteiger partial charge in [0.25, 0.3) is 0 Å². The molecule has 1 saturated heterocycles. The van der Waals surface area contributed by atoms with Gasteiger partial charge in [0.2, 0.25) is 0 Å². The highest BCUT2D eigenvalue weighted by atomic mass is 15.2. The Bertz CT molecular complexity index is 376. The van der Waals surface area contributed by atoms with Crippen molar-refractivity contribution in [3.63, 3.8) is 0 Å². The standard InChI is InChI=1S/C15H29N5/c1-18-12-7-17-15(18)5-11-20-10-4-9-19(13-14-20)8-3-2-6-16/h7,12H,2-6,8-11,13-14,16H2,1H3. The third kappa shape index (κ3) is 4.89. The summed E-state index contributed by atoms with van der Waals surface area (Å²) in [5, 5.41) is 0. The third-order valence-electron chi connectivity index (χ3n) is 4.18. The number of aryl methyl sites for hydroxylation is 1. The summed E-state index contributed by atoms with van der Waals surface area (Å²) in [5.74, 6) is 1.19. The second-order valence-electron chi connectivity index (χ2n) is 5.74. The van der Waals surface area contributed by atoms with Crippen molar-refractivity contribution < 1.29 is 0 Å². The van der Waals surface area contributed by atoms with E-state index in [0.717, 1.165) is 25.9 Å². The predicted octanol–water partition coefficient (Wildman–Crippen LogP) is 0.709. The Hall–Kier alpha value is -0.910. The summed E-state index contributed by atoms with van der Waals surface area (Å²) in [4.78, 5) is 9.58. The fourth-order valence-electron chi connectivity index (χ4n) is 2.85. The fraction of sp³-hybridized carbons (Fsp3) is 0.800. The molecule has 20 heavy (non-hydrogen) atoms. The molecule has 1 aliphatic rings. The summed E-state index contributed by atoms with van der Waals surface area (Å²) < 4.78 is 2.12. The van der Waals surface area contributed by atoms with Gasteiger partial charge in [0.15, 0.2) is 0 Å². The van der Waals surface area contributed by atoms with Crippen LogP contribution in [0, 0.1) is 0 Å². The van der Waals surface area contributed by atoms with E-state index in [2.05, 4.69) is 26.4 Å². The molecule has 0 radical (unpaired) electrons. The van der Waals surface area contributed by atoms with Gasteiger partial charge in [0, 0.05) is 45.5 Å². The van der Waals surface area contributed by atoms with Crippen LogP contribution < -0.4 is 5.73 Å². The predicted molar refractivity (Wildman–Crippen MR) is 82.7 cm³/mol. The van der Waals surface area contributed by atoms with Crippen LogP contribution in [0.3, 0.4) is 0 Å². The average Bonchev–Trinajstić information content (AvgIpc) is 2.72. The first-order valence-corrected chi connectivity index (χ1v) is 7.90. The Morgan fingerprint density at radius 3 is 2.50 bits per heavy atom. The van der Waals surface area contributed by atoms with Gasteiger partial charge in [-0.2, -0.15) is 0 Å². The van der Waals surface area contributed by atoms with E-state index in [1.807, 2.05) is 12.4 Å². The molecule has 5 heteroatoms. The highest BCUT2D eigenvalue weighted by Crippen LogP contribution is 2.06. The molecular weight excluding hydrogens is 250 g/mol. The van der Waals surface area contributed by atoms with Gasteiger partial charge in [-0.05, 0) is 45.4 Å². The maximum atomic E-state index is 5.56. The highest BCUT2D eigenvalue weighted by Gasteiger charge is 2.14. The first-order chi connectivity index (χ1) is 9.79. The lowest BCUT2D eigenvalue weighted by Crippen LogP contribution is -2.32. The lowest BCUT2D eigenvalue weighted by atomic mass is 10.3. The summed E-state index contributed by atoms with van der Waals surface area (Å²) in [6, 6.07) is 0. The largest absolute Gasteiger partial charge is 0.338 e. The number of aromatic nitrogens is 2. The molecule has 114 valence electrons. The van der Waals surface area contributed by atoms with E-state index in [0.29, 0.717) is 0 Å². The zero-order valence-electron chi connectivity index (χ0n) is 12.8. The van der Waals surface area contributed by atoms with Crippen LogP contribution in [-0.2, 0) is 13.5 Å². The molecule has 0 amide bonds. The number of nitrogens with two attached hydrogens (primary N) is 1. The van der Waals surface area contributed by atoms with Crippen molar-refractivity contribution in [2.24, 2.45) is 12.8 Å². The van der Waals surface area contributed by atoms with Gasteiger partial charge in [0.05, 0.1) is 0 Å². The van der Waals surface area contributed by atoms with Crippen LogP contribution in [0.1, 0.15) is 25.1 Å². The van der Waals surface area contributed by atoms with E-state index in [4.69, 9.17) is 5.73 Å². The van der Waals surface area contributed by atoms with Gasteiger partial charge in [-0.3, -0.25) is 0 Å². The maximum Gasteiger partial charge on any atom is 0.109 e. The second-order valence-corrected chi connectivity index (χ2v) is 5.74. The molecular formula is C15H29N5. The van der Waals surface area contributed by atoms with Crippen molar-refractivity contribution >= 4 is 0 Å². The van der Waals surface area contributed by atoms with Crippen molar-refractivity contribution in [3.05, 3.63) is 18.2 Å². The van der Waals surface area contributed by atoms with Gasteiger partial charge in [-0.1, -0.05) is 0 Å². The quantitative estimate of drug-likeness (QED) is 0.747. The monoisotopic (exact) mass is 279 g/mol. The summed E-state index contributed by atoms with van der Waals surface area (Å²) in [6.45, 7) is 8.01. The topological polar surface area (TPSA) is 50.3 Å². The number of nitrogens with zero attached hydrogens (tertiary/aromatic N) is 4. The van der Waals surface area contributed by atoms with Crippen LogP contribution in [-0.4, -0.2) is 65.2 Å². The Labute approximate surface area is 122 Å². The zero-order chi connectivity index (χ0) is 14.2. The molecule has 1 aromatic heterocycles. The fourth-order valence-corrected chi connectivity index (χ4v) is 2.85. The van der Waals surface area contributed by atoms with Crippen LogP contribution >= 0.6 is 0 Å². The molecule has 0 saturated carbocycles. The third-order valence-corrected chi connectivity index (χ3v) is 4.18. The molecule has 1 aromatic rings. The van der Waals surface area contributed by atoms with Gasteiger partial charge in [-0.25, -0.2) is 4.98 Å². The lowest BCUT2D eigenvalue weighted by Gasteiger charge is -2.21. The van der Waals surface area contributed by atoms with E-state index < -0.39 is 0 Å². The smallest absolute Gasteiger partial charge is 0.109 e. The van der Waals surface area contributed by atoms with E-state index in [1.165, 1.54) is 51.4 Å². The van der Waals surface area contributed by atoms with Gasteiger partial charge >= 0.3 is 0 Å². The molecule has 5 nitrogen and oxygen atoms in total. The summed E-state index contributed by atoms with van der Waals surface area (Å²) in [5.41, 5.74) is 5.56. The van der Waals surface area contributed by atoms with Crippen molar-refractivity contribution in [1.29, 1.82) is 0 Å². The maximum absolute atomic E-state index is 5.56. The minimum Gasteiger partial charge on any atom is -0.338 e. The van der Waals surface area contributed by atoms with Crippen LogP contribution in [0.2, 0.25) is 0 Å². The van der Waals surface area contributed by atoms with Gasteiger partial charge < -0.3 is 20.1 Å². The molecule has 1 fully saturated rings. The van der Waals surface area contributed by atoms with Crippen LogP contribution in [0.15, 0.2) is 12.4 Å². The molecule has 0 spiro atoms. The summed E-state index contributed by atoms with van der Waals surface area (Å²) in [7, 11) is 2.07. The van der Waals surface area contributed by atoms with Crippen molar-refractivity contribution in [2.45, 2.75) is 25.7 Å². The molecule has 2 N–H and O–H groups in total. The molecule has 0 atom stereocenters. The Kier molecular flexibility index (Phi) is 6.50. The molecule has 0 aromatic carbocycles. The number of hydrogen-bond donors (Lipinski definition) is 1. The zero-order valence-corrected chi connectivity index (χ0v) is 12.8. The van der Waals surface area contributed by atoms with E-state index >= 15 is 0 Å². The molecule has 0 bridgehead atoms. The molecule has 1 aliphatic heterocycles. The first-order valence-electron chi connectivity index (χ1n) is 7.90. The van der Waals surface area contributed by atoms with Crippen LogP contribution in [0.4, 0.5) is 0 Å². The number of imidazole rings is 1. The van der Waals surface area contributed by atoms with E-state index in [9.17, 15) is 0 Å². The minimum atomic E-state index is 0.823. The minimum absolute atomic E-state index is 0.823. The Balaban J connectivity index is 1.68. The normalized spacial score (nSPS) is 18.3. The number of hydrogen-bond acceptors (Lipinski definition) is 4. The first kappa shape index (κ1) is 15.5. The number of unbranched alkanes of at least 4 members (excludes halogenated alkanes) is 1. The van der Waals surface area contributed by atoms with Crippen LogP contribution in [0.25, 0.3) is 0 Å². The molecule has 2 heterocycles. The lowest BCUT2D eigenvalue weighted by molar-refractivity contribution is 0.254. The average molecular weight is 279 g/mol. The van der Waals surface area contributed by atoms with E-state index in [-0.39, 0.29) is 0 Å². The van der Waals surface area contributed by atoms with Crippen molar-refractivity contribution in [2.75, 3.05) is 45.8 Å². The summed E-state index contributed by atoms with van der Waals surface area (Å²) >= 11 is 0. The summed E-state index contributed by atoms with van der Waals surface area (Å²) in [6.07, 6.45) is 8.64. The van der Waals surface area contributed by atoms with E-state index in [1.54, 1.807) is 0 Å².